The third kappa shape index (κ3) is 3.83. The van der Waals surface area contributed by atoms with Gasteiger partial charge in [0.05, 0.1) is 5.56 Å². The lowest BCUT2D eigenvalue weighted by molar-refractivity contribution is 0.442. The van der Waals surface area contributed by atoms with Crippen molar-refractivity contribution in [2.24, 2.45) is 11.1 Å². The fraction of sp³-hybridized carbons (Fsp3) is 0.455. The average molecular weight is 223 g/mol. The summed E-state index contributed by atoms with van der Waals surface area (Å²) in [4.78, 5) is 4.60. The highest BCUT2D eigenvalue weighted by molar-refractivity contribution is 7.80. The van der Waals surface area contributed by atoms with Gasteiger partial charge in [-0.15, -0.1) is 0 Å². The Labute approximate surface area is 96.1 Å². The monoisotopic (exact) mass is 223 g/mol. The summed E-state index contributed by atoms with van der Waals surface area (Å²) in [5, 5.41) is 3.26. The number of rotatable bonds is 3. The van der Waals surface area contributed by atoms with Gasteiger partial charge in [-0.1, -0.05) is 33.0 Å². The summed E-state index contributed by atoms with van der Waals surface area (Å²) >= 11 is 4.95. The number of pyridine rings is 1. The summed E-state index contributed by atoms with van der Waals surface area (Å²) in [6, 6.07) is 3.71. The fourth-order valence-corrected chi connectivity index (χ4v) is 1.26. The molecule has 0 radical (unpaired) electrons. The van der Waals surface area contributed by atoms with E-state index in [1.165, 1.54) is 0 Å². The van der Waals surface area contributed by atoms with Gasteiger partial charge in [-0.2, -0.15) is 0 Å². The summed E-state index contributed by atoms with van der Waals surface area (Å²) in [5.41, 5.74) is 6.61. The molecule has 0 aromatic carbocycles. The molecule has 0 atom stereocenters. The molecule has 15 heavy (non-hydrogen) atoms. The number of hydrogen-bond donors (Lipinski definition) is 2. The molecule has 0 amide bonds. The molecule has 0 saturated heterocycles. The minimum absolute atomic E-state index is 0.199. The molecule has 4 heteroatoms. The molecule has 0 aliphatic carbocycles. The third-order valence-electron chi connectivity index (χ3n) is 1.86. The number of anilines is 1. The van der Waals surface area contributed by atoms with Crippen LogP contribution in [0.25, 0.3) is 0 Å². The third-order valence-corrected chi connectivity index (χ3v) is 2.08. The molecular weight excluding hydrogens is 206 g/mol. The van der Waals surface area contributed by atoms with Gasteiger partial charge in [0.25, 0.3) is 0 Å². The molecule has 0 unspecified atom stereocenters. The van der Waals surface area contributed by atoms with Crippen molar-refractivity contribution in [1.82, 2.24) is 4.98 Å². The van der Waals surface area contributed by atoms with E-state index in [9.17, 15) is 0 Å². The maximum Gasteiger partial charge on any atom is 0.136 e. The van der Waals surface area contributed by atoms with Crippen LogP contribution in [0.5, 0.6) is 0 Å². The van der Waals surface area contributed by atoms with Gasteiger partial charge in [-0.05, 0) is 17.5 Å². The smallest absolute Gasteiger partial charge is 0.136 e. The van der Waals surface area contributed by atoms with Crippen molar-refractivity contribution < 1.29 is 0 Å². The van der Waals surface area contributed by atoms with Gasteiger partial charge in [0.2, 0.25) is 0 Å². The van der Waals surface area contributed by atoms with Crippen LogP contribution in [0.4, 0.5) is 5.82 Å². The Morgan fingerprint density at radius 2 is 2.20 bits per heavy atom. The lowest BCUT2D eigenvalue weighted by Crippen LogP contribution is -2.22. The van der Waals surface area contributed by atoms with Gasteiger partial charge in [0.15, 0.2) is 0 Å². The minimum atomic E-state index is 0.199. The number of nitrogens with zero attached hydrogens (tertiary/aromatic N) is 1. The van der Waals surface area contributed by atoms with Crippen LogP contribution in [0.1, 0.15) is 26.3 Å². The van der Waals surface area contributed by atoms with E-state index in [-0.39, 0.29) is 5.41 Å². The molecule has 0 aliphatic heterocycles. The molecule has 0 aliphatic rings. The second kappa shape index (κ2) is 4.57. The zero-order chi connectivity index (χ0) is 11.5. The molecule has 1 heterocycles. The first kappa shape index (κ1) is 11.9. The highest BCUT2D eigenvalue weighted by Gasteiger charge is 2.12. The largest absolute Gasteiger partial charge is 0.389 e. The lowest BCUT2D eigenvalue weighted by atomic mass is 9.97. The highest BCUT2D eigenvalue weighted by atomic mass is 32.1. The molecule has 0 fully saturated rings. The van der Waals surface area contributed by atoms with Crippen molar-refractivity contribution in [1.29, 1.82) is 0 Å². The van der Waals surface area contributed by atoms with Gasteiger partial charge in [-0.25, -0.2) is 4.98 Å². The number of nitrogens with one attached hydrogen (secondary N) is 1. The average Bonchev–Trinajstić information content (AvgIpc) is 2.14. The maximum absolute atomic E-state index is 5.61. The summed E-state index contributed by atoms with van der Waals surface area (Å²) in [6.07, 6.45) is 1.73. The number of nitrogens with two attached hydrogens (primary N) is 1. The van der Waals surface area contributed by atoms with Crippen LogP contribution in [0.15, 0.2) is 18.3 Å². The molecule has 3 nitrogen and oxygen atoms in total. The normalized spacial score (nSPS) is 11.1. The predicted molar refractivity (Wildman–Crippen MR) is 68.1 cm³/mol. The Balaban J connectivity index is 2.81. The zero-order valence-electron chi connectivity index (χ0n) is 9.37. The lowest BCUT2D eigenvalue weighted by Gasteiger charge is -2.20. The van der Waals surface area contributed by atoms with Crippen LogP contribution in [0, 0.1) is 5.41 Å². The van der Waals surface area contributed by atoms with Crippen LogP contribution in [-0.2, 0) is 0 Å². The van der Waals surface area contributed by atoms with E-state index in [0.29, 0.717) is 4.99 Å². The molecule has 0 spiro atoms. The zero-order valence-corrected chi connectivity index (χ0v) is 10.2. The van der Waals surface area contributed by atoms with Crippen molar-refractivity contribution in [3.8, 4) is 0 Å². The van der Waals surface area contributed by atoms with Crippen molar-refractivity contribution in [3.63, 3.8) is 0 Å². The quantitative estimate of drug-likeness (QED) is 0.771. The standard InChI is InChI=1S/C11H17N3S/c1-11(2,3)7-14-10-8(9(12)15)5-4-6-13-10/h4-6H,7H2,1-3H3,(H2,12,15)(H,13,14). The highest BCUT2D eigenvalue weighted by Crippen LogP contribution is 2.16. The second-order valence-electron chi connectivity index (χ2n) is 4.68. The van der Waals surface area contributed by atoms with Gasteiger partial charge in [0.1, 0.15) is 10.8 Å². The Morgan fingerprint density at radius 1 is 1.53 bits per heavy atom. The van der Waals surface area contributed by atoms with Crippen molar-refractivity contribution in [2.75, 3.05) is 11.9 Å². The molecule has 82 valence electrons. The van der Waals surface area contributed by atoms with Crippen LogP contribution in [0.2, 0.25) is 0 Å². The first-order valence-corrected chi connectivity index (χ1v) is 5.30. The Kier molecular flexibility index (Phi) is 3.63. The fourth-order valence-electron chi connectivity index (χ4n) is 1.09. The molecule has 0 bridgehead atoms. The molecular formula is C11H17N3S. The van der Waals surface area contributed by atoms with E-state index < -0.39 is 0 Å². The van der Waals surface area contributed by atoms with Gasteiger partial charge >= 0.3 is 0 Å². The minimum Gasteiger partial charge on any atom is -0.389 e. The van der Waals surface area contributed by atoms with Gasteiger partial charge in [0, 0.05) is 12.7 Å². The van der Waals surface area contributed by atoms with Crippen molar-refractivity contribution in [2.45, 2.75) is 20.8 Å². The summed E-state index contributed by atoms with van der Waals surface area (Å²) < 4.78 is 0. The summed E-state index contributed by atoms with van der Waals surface area (Å²) in [7, 11) is 0. The second-order valence-corrected chi connectivity index (χ2v) is 5.12. The van der Waals surface area contributed by atoms with E-state index >= 15 is 0 Å². The Hall–Kier alpha value is -1.16. The van der Waals surface area contributed by atoms with Gasteiger partial charge < -0.3 is 11.1 Å². The Bertz CT molecular complexity index is 355. The van der Waals surface area contributed by atoms with Crippen molar-refractivity contribution in [3.05, 3.63) is 23.9 Å². The number of hydrogen-bond acceptors (Lipinski definition) is 3. The molecule has 1 aromatic heterocycles. The van der Waals surface area contributed by atoms with E-state index in [1.54, 1.807) is 6.20 Å². The molecule has 1 rings (SSSR count). The molecule has 3 N–H and O–H groups in total. The SMILES string of the molecule is CC(C)(C)CNc1ncccc1C(N)=S. The number of thiocarbonyl (C=S) groups is 1. The van der Waals surface area contributed by atoms with Crippen LogP contribution in [-0.4, -0.2) is 16.5 Å². The van der Waals surface area contributed by atoms with E-state index in [0.717, 1.165) is 17.9 Å². The van der Waals surface area contributed by atoms with Crippen molar-refractivity contribution >= 4 is 23.0 Å². The summed E-state index contributed by atoms with van der Waals surface area (Å²) in [5.74, 6) is 0.764. The molecule has 0 saturated carbocycles. The number of aromatic nitrogens is 1. The molecule has 1 aromatic rings. The van der Waals surface area contributed by atoms with Gasteiger partial charge in [-0.3, -0.25) is 0 Å². The predicted octanol–water partition coefficient (Wildman–Crippen LogP) is 2.17. The van der Waals surface area contributed by atoms with E-state index in [4.69, 9.17) is 18.0 Å². The van der Waals surface area contributed by atoms with E-state index in [2.05, 4.69) is 31.1 Å². The first-order valence-electron chi connectivity index (χ1n) is 4.89. The first-order chi connectivity index (χ1) is 6.90. The maximum atomic E-state index is 5.61. The Morgan fingerprint density at radius 3 is 2.73 bits per heavy atom. The van der Waals surface area contributed by atoms with Crippen LogP contribution >= 0.6 is 12.2 Å². The topological polar surface area (TPSA) is 50.9 Å². The van der Waals surface area contributed by atoms with Crippen LogP contribution in [0.3, 0.4) is 0 Å². The van der Waals surface area contributed by atoms with E-state index in [1.807, 2.05) is 12.1 Å². The summed E-state index contributed by atoms with van der Waals surface area (Å²) in [6.45, 7) is 7.30. The van der Waals surface area contributed by atoms with Crippen LogP contribution < -0.4 is 11.1 Å².